The molecule has 21 heavy (non-hydrogen) atoms. The summed E-state index contributed by atoms with van der Waals surface area (Å²) in [6.45, 7) is 8.65. The fourth-order valence-electron chi connectivity index (χ4n) is 6.11. The Morgan fingerprint density at radius 3 is 2.71 bits per heavy atom. The van der Waals surface area contributed by atoms with E-state index in [1.807, 2.05) is 0 Å². The Balaban J connectivity index is 1.86. The summed E-state index contributed by atoms with van der Waals surface area (Å²) in [7, 11) is 0. The predicted octanol–water partition coefficient (Wildman–Crippen LogP) is 3.65. The third kappa shape index (κ3) is 0.940. The number of hydroxylamine groups is 1. The molecule has 5 rings (SSSR count). The van der Waals surface area contributed by atoms with E-state index in [9.17, 15) is 5.21 Å². The smallest absolute Gasteiger partial charge is 0.212 e. The number of hydrogen-bond donors (Lipinski definition) is 0. The Morgan fingerprint density at radius 2 is 1.95 bits per heavy atom. The van der Waals surface area contributed by atoms with Crippen molar-refractivity contribution in [2.75, 3.05) is 0 Å². The molecule has 0 spiro atoms. The molecule has 0 amide bonds. The summed E-state index contributed by atoms with van der Waals surface area (Å²) >= 11 is 0. The summed E-state index contributed by atoms with van der Waals surface area (Å²) < 4.78 is 0. The van der Waals surface area contributed by atoms with Crippen molar-refractivity contribution in [1.82, 2.24) is 0 Å². The average Bonchev–Trinajstić information content (AvgIpc) is 3.10. The van der Waals surface area contributed by atoms with Crippen LogP contribution in [0.1, 0.15) is 47.0 Å². The van der Waals surface area contributed by atoms with Crippen LogP contribution in [-0.2, 0) is 0 Å². The second-order valence-electron chi connectivity index (χ2n) is 8.40. The number of azo groups is 2. The highest BCUT2D eigenvalue weighted by atomic mass is 16.5. The molecule has 112 valence electrons. The van der Waals surface area contributed by atoms with E-state index in [0.717, 1.165) is 4.86 Å². The van der Waals surface area contributed by atoms with Crippen LogP contribution in [0, 0.1) is 28.4 Å². The molecule has 2 saturated carbocycles. The third-order valence-electron chi connectivity index (χ3n) is 7.89. The van der Waals surface area contributed by atoms with Crippen molar-refractivity contribution in [3.8, 4) is 0 Å². The summed E-state index contributed by atoms with van der Waals surface area (Å²) in [4.78, 5) is 1.05. The van der Waals surface area contributed by atoms with Gasteiger partial charge in [0.2, 0.25) is 5.54 Å². The lowest BCUT2D eigenvalue weighted by molar-refractivity contribution is -0.612. The molecule has 0 bridgehead atoms. The van der Waals surface area contributed by atoms with Gasteiger partial charge in [0, 0.05) is 12.8 Å². The van der Waals surface area contributed by atoms with Crippen LogP contribution in [-0.4, -0.2) is 22.0 Å². The highest BCUT2D eigenvalue weighted by Gasteiger charge is 2.80. The van der Waals surface area contributed by atoms with Crippen molar-refractivity contribution in [1.29, 1.82) is 0 Å². The number of nitrogens with zero attached hydrogens (tertiary/aromatic N) is 4. The van der Waals surface area contributed by atoms with Gasteiger partial charge in [-0.1, -0.05) is 25.1 Å². The van der Waals surface area contributed by atoms with Crippen molar-refractivity contribution in [3.63, 3.8) is 0 Å². The molecule has 0 N–H and O–H groups in total. The zero-order chi connectivity index (χ0) is 14.8. The molecule has 0 aromatic carbocycles. The summed E-state index contributed by atoms with van der Waals surface area (Å²) in [5, 5.41) is 26.8. The van der Waals surface area contributed by atoms with Crippen molar-refractivity contribution in [2.24, 2.45) is 38.5 Å². The van der Waals surface area contributed by atoms with Crippen LogP contribution < -0.4 is 0 Å². The zero-order valence-electron chi connectivity index (χ0n) is 13.1. The molecule has 2 heterocycles. The third-order valence-corrected chi connectivity index (χ3v) is 7.89. The van der Waals surface area contributed by atoms with Gasteiger partial charge in [0.25, 0.3) is 0 Å². The van der Waals surface area contributed by atoms with Crippen LogP contribution in [0.25, 0.3) is 0 Å². The molecular weight excluding hydrogens is 264 g/mol. The summed E-state index contributed by atoms with van der Waals surface area (Å²) in [6.07, 6.45) is 3.60. The number of fused-ring (bicyclic) bond motifs is 3. The van der Waals surface area contributed by atoms with Crippen LogP contribution in [0.15, 0.2) is 26.6 Å². The van der Waals surface area contributed by atoms with E-state index in [1.54, 1.807) is 0 Å². The molecule has 5 aliphatic rings. The Kier molecular flexibility index (Phi) is 1.81. The molecule has 2 unspecified atom stereocenters. The van der Waals surface area contributed by atoms with Crippen LogP contribution >= 0.6 is 0 Å². The largest absolute Gasteiger partial charge is 0.599 e. The normalized spacial score (nSPS) is 55.0. The molecule has 2 aliphatic heterocycles. The predicted molar refractivity (Wildman–Crippen MR) is 76.6 cm³/mol. The van der Waals surface area contributed by atoms with Crippen LogP contribution in [0.2, 0.25) is 0 Å². The van der Waals surface area contributed by atoms with Gasteiger partial charge in [-0.05, 0) is 36.4 Å². The maximum Gasteiger partial charge on any atom is 0.212 e. The van der Waals surface area contributed by atoms with E-state index in [4.69, 9.17) is 5.11 Å². The first-order valence-corrected chi connectivity index (χ1v) is 8.19. The molecule has 0 aromatic heterocycles. The lowest BCUT2D eigenvalue weighted by Gasteiger charge is -2.39. The van der Waals surface area contributed by atoms with Gasteiger partial charge in [0.05, 0.1) is 17.0 Å². The Hall–Kier alpha value is -1.26. The van der Waals surface area contributed by atoms with E-state index >= 15 is 0 Å². The highest BCUT2D eigenvalue weighted by molar-refractivity contribution is 5.48. The van der Waals surface area contributed by atoms with Crippen molar-refractivity contribution in [2.45, 2.75) is 64.1 Å². The average molecular weight is 286 g/mol. The first-order valence-electron chi connectivity index (χ1n) is 8.19. The van der Waals surface area contributed by atoms with Gasteiger partial charge >= 0.3 is 0 Å². The van der Waals surface area contributed by atoms with E-state index in [0.29, 0.717) is 11.8 Å². The van der Waals surface area contributed by atoms with Gasteiger partial charge in [-0.3, -0.25) is 0 Å². The number of rotatable bonds is 0. The van der Waals surface area contributed by atoms with Gasteiger partial charge < -0.3 is 5.21 Å². The quantitative estimate of drug-likeness (QED) is 0.495. The standard InChI is InChI=1S/C16H22N4O/c1-14(2)15(3)10-11-13(18-20(21)16(11,14)4)9-7-5-6-8(9)12(10)17-19-15/h8-9,11,13H,5-7H2,1-4H3/t8?,9-,11+,13-,15?,16-/m0/s1. The van der Waals surface area contributed by atoms with Gasteiger partial charge in [-0.25, -0.2) is 0 Å². The zero-order valence-corrected chi connectivity index (χ0v) is 13.1. The molecule has 6 atom stereocenters. The monoisotopic (exact) mass is 286 g/mol. The van der Waals surface area contributed by atoms with E-state index in [2.05, 4.69) is 37.9 Å². The van der Waals surface area contributed by atoms with E-state index in [-0.39, 0.29) is 22.9 Å². The molecule has 0 aromatic rings. The van der Waals surface area contributed by atoms with Crippen molar-refractivity contribution in [3.05, 3.63) is 16.5 Å². The van der Waals surface area contributed by atoms with Gasteiger partial charge in [-0.2, -0.15) is 10.2 Å². The van der Waals surface area contributed by atoms with Gasteiger partial charge in [-0.15, -0.1) is 0 Å². The number of hydrogen-bond acceptors (Lipinski definition) is 4. The Morgan fingerprint density at radius 1 is 1.19 bits per heavy atom. The minimum atomic E-state index is -0.486. The second kappa shape index (κ2) is 3.08. The summed E-state index contributed by atoms with van der Waals surface area (Å²) in [5.74, 6) is 1.20. The molecule has 3 aliphatic carbocycles. The molecule has 0 radical (unpaired) electrons. The van der Waals surface area contributed by atoms with Crippen molar-refractivity contribution >= 4 is 0 Å². The fraction of sp³-hybridized carbons (Fsp3) is 0.875. The van der Waals surface area contributed by atoms with Crippen LogP contribution in [0.4, 0.5) is 0 Å². The van der Waals surface area contributed by atoms with Crippen LogP contribution in [0.5, 0.6) is 0 Å². The molecule has 5 nitrogen and oxygen atoms in total. The molecule has 2 fully saturated rings. The van der Waals surface area contributed by atoms with Gasteiger partial charge in [0.1, 0.15) is 11.6 Å². The lowest BCUT2D eigenvalue weighted by atomic mass is 9.65. The molecule has 0 saturated heterocycles. The van der Waals surface area contributed by atoms with E-state index < -0.39 is 5.54 Å². The minimum Gasteiger partial charge on any atom is -0.599 e. The lowest BCUT2D eigenvalue weighted by Crippen LogP contribution is -2.53. The maximum atomic E-state index is 12.8. The van der Waals surface area contributed by atoms with E-state index in [1.165, 1.54) is 30.5 Å². The topological polar surface area (TPSA) is 63.1 Å². The molecular formula is C16H22N4O. The van der Waals surface area contributed by atoms with Gasteiger partial charge in [0.15, 0.2) is 0 Å². The first kappa shape index (κ1) is 12.3. The summed E-state index contributed by atoms with van der Waals surface area (Å²) in [6, 6.07) is 0.156. The second-order valence-corrected chi connectivity index (χ2v) is 8.40. The fourth-order valence-corrected chi connectivity index (χ4v) is 6.11. The Labute approximate surface area is 124 Å². The van der Waals surface area contributed by atoms with Crippen molar-refractivity contribution < 1.29 is 4.86 Å². The molecule has 5 heteroatoms. The summed E-state index contributed by atoms with van der Waals surface area (Å²) in [5.41, 5.74) is 1.50. The SMILES string of the molecule is CC12N=NC3=C1[C@@H]1[C@@H](N=[N+]([O-])[C@]1(C)C2(C)C)[C@H]1CCCC31. The first-order chi connectivity index (χ1) is 9.84. The maximum absolute atomic E-state index is 12.8. The number of allylic oxidation sites excluding steroid dienone is 1. The van der Waals surface area contributed by atoms with Crippen LogP contribution in [0.3, 0.4) is 0 Å². The minimum absolute atomic E-state index is 0.156. The highest BCUT2D eigenvalue weighted by Crippen LogP contribution is 2.71. The Bertz CT molecular complexity index is 663.